The molecule has 0 rings (SSSR count). The fourth-order valence-corrected chi connectivity index (χ4v) is 1.54. The smallest absolute Gasteiger partial charge is 0.330 e. The zero-order valence-corrected chi connectivity index (χ0v) is 16.1. The number of ether oxygens (including phenoxy) is 3. The summed E-state index contributed by atoms with van der Waals surface area (Å²) in [6, 6.07) is 0. The van der Waals surface area contributed by atoms with Crippen LogP contribution in [-0.4, -0.2) is 54.5 Å². The highest BCUT2D eigenvalue weighted by Crippen LogP contribution is 2.13. The van der Waals surface area contributed by atoms with E-state index in [-0.39, 0.29) is 44.9 Å². The van der Waals surface area contributed by atoms with Crippen LogP contribution < -0.4 is 5.32 Å². The van der Waals surface area contributed by atoms with Gasteiger partial charge in [-0.25, -0.2) is 4.79 Å². The number of halogens is 1. The fourth-order valence-electron chi connectivity index (χ4n) is 1.42. The van der Waals surface area contributed by atoms with Gasteiger partial charge in [0.25, 0.3) is 0 Å². The molecule has 8 nitrogen and oxygen atoms in total. The highest BCUT2D eigenvalue weighted by Gasteiger charge is 2.21. The Hall–Kier alpha value is -1.90. The molecule has 0 bridgehead atoms. The van der Waals surface area contributed by atoms with Gasteiger partial charge in [-0.15, -0.1) is 0 Å². The summed E-state index contributed by atoms with van der Waals surface area (Å²) >= 11 is 3.24. The van der Waals surface area contributed by atoms with Crippen molar-refractivity contribution in [2.75, 3.05) is 25.1 Å². The first-order valence-electron chi connectivity index (χ1n) is 7.69. The summed E-state index contributed by atoms with van der Waals surface area (Å²) in [4.78, 5) is 45.3. The van der Waals surface area contributed by atoms with Crippen molar-refractivity contribution in [1.82, 2.24) is 5.32 Å². The van der Waals surface area contributed by atoms with Gasteiger partial charge in [0.05, 0.1) is 12.8 Å². The van der Waals surface area contributed by atoms with Crippen molar-refractivity contribution < 1.29 is 33.4 Å². The molecule has 1 N–H and O–H groups in total. The van der Waals surface area contributed by atoms with E-state index < -0.39 is 23.5 Å². The van der Waals surface area contributed by atoms with E-state index in [9.17, 15) is 19.2 Å². The standard InChI is InChI=1S/C16H24BrNO7/c1-4-13(20)23-9-10-24-14(21)6-5-12(19)18-8-7-15(22)25-16(2,3)11-17/h4H,1,5-11H2,2-3H3,(H,18,19). The quantitative estimate of drug-likeness (QED) is 0.166. The number of carbonyl (C=O) groups is 4. The number of amides is 1. The molecule has 0 atom stereocenters. The first-order chi connectivity index (χ1) is 11.7. The molecule has 0 aliphatic rings. The van der Waals surface area contributed by atoms with Crippen LogP contribution in [0.1, 0.15) is 33.1 Å². The molecule has 0 fully saturated rings. The number of nitrogens with one attached hydrogen (secondary N) is 1. The molecule has 0 heterocycles. The minimum atomic E-state index is -0.606. The van der Waals surface area contributed by atoms with Gasteiger partial charge in [0.1, 0.15) is 18.8 Å². The third kappa shape index (κ3) is 13.1. The van der Waals surface area contributed by atoms with Crippen LogP contribution >= 0.6 is 15.9 Å². The summed E-state index contributed by atoms with van der Waals surface area (Å²) in [5, 5.41) is 3.03. The Labute approximate surface area is 155 Å². The van der Waals surface area contributed by atoms with E-state index in [1.165, 1.54) is 0 Å². The number of rotatable bonds is 12. The molecule has 0 aliphatic carbocycles. The third-order valence-corrected chi connectivity index (χ3v) is 4.03. The Kier molecular flexibility index (Phi) is 11.5. The second-order valence-electron chi connectivity index (χ2n) is 5.56. The van der Waals surface area contributed by atoms with Gasteiger partial charge in [-0.2, -0.15) is 0 Å². The molecule has 25 heavy (non-hydrogen) atoms. The van der Waals surface area contributed by atoms with E-state index >= 15 is 0 Å². The normalized spacial score (nSPS) is 10.5. The van der Waals surface area contributed by atoms with E-state index in [1.807, 2.05) is 0 Å². The molecule has 0 saturated carbocycles. The van der Waals surface area contributed by atoms with Crippen LogP contribution in [-0.2, 0) is 33.4 Å². The number of alkyl halides is 1. The molecule has 0 aromatic carbocycles. The summed E-state index contributed by atoms with van der Waals surface area (Å²) in [6.07, 6.45) is 0.875. The van der Waals surface area contributed by atoms with Crippen LogP contribution in [0.25, 0.3) is 0 Å². The van der Waals surface area contributed by atoms with E-state index in [2.05, 4.69) is 32.6 Å². The van der Waals surface area contributed by atoms with Crippen LogP contribution in [0, 0.1) is 0 Å². The molecule has 1 amide bonds. The molecule has 0 saturated heterocycles. The van der Waals surface area contributed by atoms with Crippen LogP contribution in [0.2, 0.25) is 0 Å². The predicted molar refractivity (Wildman–Crippen MR) is 92.9 cm³/mol. The molecule has 0 aromatic heterocycles. The Balaban J connectivity index is 3.76. The lowest BCUT2D eigenvalue weighted by atomic mass is 10.2. The average molecular weight is 422 g/mol. The van der Waals surface area contributed by atoms with Gasteiger partial charge in [-0.05, 0) is 13.8 Å². The predicted octanol–water partition coefficient (Wildman–Crippen LogP) is 1.26. The van der Waals surface area contributed by atoms with Gasteiger partial charge in [-0.3, -0.25) is 14.4 Å². The maximum absolute atomic E-state index is 11.6. The zero-order valence-electron chi connectivity index (χ0n) is 14.5. The number of carbonyl (C=O) groups excluding carboxylic acids is 4. The first-order valence-corrected chi connectivity index (χ1v) is 8.81. The zero-order chi connectivity index (χ0) is 19.3. The lowest BCUT2D eigenvalue weighted by Crippen LogP contribution is -2.32. The van der Waals surface area contributed by atoms with Crippen LogP contribution in [0.15, 0.2) is 12.7 Å². The summed E-state index contributed by atoms with van der Waals surface area (Å²) in [5.41, 5.74) is -0.606. The van der Waals surface area contributed by atoms with Crippen LogP contribution in [0.4, 0.5) is 0 Å². The largest absolute Gasteiger partial charge is 0.462 e. The van der Waals surface area contributed by atoms with Gasteiger partial charge in [0.2, 0.25) is 5.91 Å². The molecule has 0 spiro atoms. The average Bonchev–Trinajstić information content (AvgIpc) is 2.56. The summed E-state index contributed by atoms with van der Waals surface area (Å²) < 4.78 is 14.6. The maximum Gasteiger partial charge on any atom is 0.330 e. The SMILES string of the molecule is C=CC(=O)OCCOC(=O)CCC(=O)NCCC(=O)OC(C)(C)CBr. The molecular formula is C16H24BrNO7. The highest BCUT2D eigenvalue weighted by molar-refractivity contribution is 9.09. The van der Waals surface area contributed by atoms with Gasteiger partial charge in [0.15, 0.2) is 0 Å². The molecule has 9 heteroatoms. The van der Waals surface area contributed by atoms with E-state index in [4.69, 9.17) is 9.47 Å². The van der Waals surface area contributed by atoms with Crippen LogP contribution in [0.5, 0.6) is 0 Å². The molecular weight excluding hydrogens is 398 g/mol. The lowest BCUT2D eigenvalue weighted by Gasteiger charge is -2.22. The van der Waals surface area contributed by atoms with Gasteiger partial charge < -0.3 is 19.5 Å². The molecule has 0 aliphatic heterocycles. The number of esters is 3. The highest BCUT2D eigenvalue weighted by atomic mass is 79.9. The Morgan fingerprint density at radius 2 is 1.68 bits per heavy atom. The lowest BCUT2D eigenvalue weighted by molar-refractivity contribution is -0.154. The van der Waals surface area contributed by atoms with Crippen molar-refractivity contribution in [1.29, 1.82) is 0 Å². The van der Waals surface area contributed by atoms with Crippen molar-refractivity contribution in [2.45, 2.75) is 38.7 Å². The van der Waals surface area contributed by atoms with Crippen molar-refractivity contribution in [2.24, 2.45) is 0 Å². The van der Waals surface area contributed by atoms with Crippen molar-refractivity contribution in [3.8, 4) is 0 Å². The number of hydrogen-bond donors (Lipinski definition) is 1. The molecule has 0 aromatic rings. The minimum absolute atomic E-state index is 0.0429. The van der Waals surface area contributed by atoms with Crippen molar-refractivity contribution in [3.63, 3.8) is 0 Å². The van der Waals surface area contributed by atoms with E-state index in [0.717, 1.165) is 6.08 Å². The van der Waals surface area contributed by atoms with Gasteiger partial charge in [-0.1, -0.05) is 22.5 Å². The minimum Gasteiger partial charge on any atom is -0.462 e. The van der Waals surface area contributed by atoms with E-state index in [0.29, 0.717) is 5.33 Å². The number of hydrogen-bond acceptors (Lipinski definition) is 7. The van der Waals surface area contributed by atoms with Crippen LogP contribution in [0.3, 0.4) is 0 Å². The summed E-state index contributed by atoms with van der Waals surface area (Å²) in [7, 11) is 0. The van der Waals surface area contributed by atoms with Crippen molar-refractivity contribution in [3.05, 3.63) is 12.7 Å². The molecule has 142 valence electrons. The Morgan fingerprint density at radius 1 is 1.04 bits per heavy atom. The van der Waals surface area contributed by atoms with E-state index in [1.54, 1.807) is 13.8 Å². The summed E-state index contributed by atoms with van der Waals surface area (Å²) in [6.45, 7) is 6.72. The third-order valence-electron chi connectivity index (χ3n) is 2.68. The molecule has 0 radical (unpaired) electrons. The first kappa shape index (κ1) is 23.1. The van der Waals surface area contributed by atoms with Gasteiger partial charge >= 0.3 is 17.9 Å². The second kappa shape index (κ2) is 12.5. The Morgan fingerprint density at radius 3 is 2.28 bits per heavy atom. The monoisotopic (exact) mass is 421 g/mol. The summed E-state index contributed by atoms with van der Waals surface area (Å²) in [5.74, 6) is -1.97. The second-order valence-corrected chi connectivity index (χ2v) is 6.12. The van der Waals surface area contributed by atoms with Crippen molar-refractivity contribution >= 4 is 39.7 Å². The fraction of sp³-hybridized carbons (Fsp3) is 0.625. The Bertz CT molecular complexity index is 491. The maximum atomic E-state index is 11.6. The topological polar surface area (TPSA) is 108 Å². The molecule has 0 unspecified atom stereocenters. The van der Waals surface area contributed by atoms with Gasteiger partial charge in [0, 0.05) is 24.4 Å².